The predicted octanol–water partition coefficient (Wildman–Crippen LogP) is 3.65. The Balaban J connectivity index is 2.81. The lowest BCUT2D eigenvalue weighted by Gasteiger charge is -2.23. The van der Waals surface area contributed by atoms with E-state index < -0.39 is 0 Å². The highest BCUT2D eigenvalue weighted by molar-refractivity contribution is 5.97. The summed E-state index contributed by atoms with van der Waals surface area (Å²) in [5.41, 5.74) is 8.53. The van der Waals surface area contributed by atoms with Crippen molar-refractivity contribution in [2.75, 3.05) is 13.7 Å². The van der Waals surface area contributed by atoms with Gasteiger partial charge in [0.2, 0.25) is 0 Å². The first-order valence-corrected chi connectivity index (χ1v) is 7.19. The molecule has 0 unspecified atom stereocenters. The molecule has 112 valence electrons. The van der Waals surface area contributed by atoms with Gasteiger partial charge >= 0.3 is 0 Å². The Morgan fingerprint density at radius 3 is 2.40 bits per heavy atom. The van der Waals surface area contributed by atoms with Crippen LogP contribution in [0.5, 0.6) is 5.75 Å². The highest BCUT2D eigenvalue weighted by atomic mass is 16.5. The van der Waals surface area contributed by atoms with Gasteiger partial charge in [0.05, 0.1) is 7.11 Å². The molecule has 0 aromatic heterocycles. The minimum Gasteiger partial charge on any atom is -0.496 e. The van der Waals surface area contributed by atoms with Crippen LogP contribution < -0.4 is 10.5 Å². The zero-order valence-electron chi connectivity index (χ0n) is 13.4. The first kappa shape index (κ1) is 16.7. The van der Waals surface area contributed by atoms with Crippen LogP contribution in [0, 0.1) is 19.3 Å². The van der Waals surface area contributed by atoms with Gasteiger partial charge in [0.25, 0.3) is 0 Å². The van der Waals surface area contributed by atoms with Crippen LogP contribution in [0.2, 0.25) is 0 Å². The maximum Gasteiger partial charge on any atom is 0.163 e. The standard InChI is InChI=1S/C17H27NO2/c1-12-11-16(20-5)13(2)10-14(12)15(19)6-7-17(3,4)8-9-18/h10-11H,6-9,18H2,1-5H3. The number of methoxy groups -OCH3 is 1. The number of aryl methyl sites for hydroxylation is 2. The van der Waals surface area contributed by atoms with Crippen molar-refractivity contribution in [3.8, 4) is 5.75 Å². The van der Waals surface area contributed by atoms with Gasteiger partial charge in [-0.15, -0.1) is 0 Å². The molecule has 0 spiro atoms. The van der Waals surface area contributed by atoms with Gasteiger partial charge in [0.15, 0.2) is 5.78 Å². The second-order valence-corrected chi connectivity index (χ2v) is 6.26. The zero-order valence-corrected chi connectivity index (χ0v) is 13.4. The number of carbonyl (C=O) groups is 1. The summed E-state index contributed by atoms with van der Waals surface area (Å²) in [6.45, 7) is 8.92. The Bertz CT molecular complexity index is 478. The third-order valence-corrected chi connectivity index (χ3v) is 3.89. The van der Waals surface area contributed by atoms with Gasteiger partial charge in [0.1, 0.15) is 5.75 Å². The highest BCUT2D eigenvalue weighted by Gasteiger charge is 2.20. The Morgan fingerprint density at radius 1 is 1.20 bits per heavy atom. The van der Waals surface area contributed by atoms with Crippen LogP contribution in [0.4, 0.5) is 0 Å². The molecule has 3 heteroatoms. The number of hydrogen-bond acceptors (Lipinski definition) is 3. The van der Waals surface area contributed by atoms with E-state index in [9.17, 15) is 4.79 Å². The van der Waals surface area contributed by atoms with E-state index in [4.69, 9.17) is 10.5 Å². The molecular weight excluding hydrogens is 250 g/mol. The summed E-state index contributed by atoms with van der Waals surface area (Å²) in [4.78, 5) is 12.4. The molecule has 2 N–H and O–H groups in total. The summed E-state index contributed by atoms with van der Waals surface area (Å²) in [6, 6.07) is 3.88. The second-order valence-electron chi connectivity index (χ2n) is 6.26. The third-order valence-electron chi connectivity index (χ3n) is 3.89. The SMILES string of the molecule is COc1cc(C)c(C(=O)CCC(C)(C)CCN)cc1C. The number of ether oxygens (including phenoxy) is 1. The molecule has 3 nitrogen and oxygen atoms in total. The van der Waals surface area contributed by atoms with E-state index in [0.29, 0.717) is 13.0 Å². The van der Waals surface area contributed by atoms with Crippen LogP contribution in [0.15, 0.2) is 12.1 Å². The van der Waals surface area contributed by atoms with Gasteiger partial charge in [-0.3, -0.25) is 4.79 Å². The molecular formula is C17H27NO2. The first-order chi connectivity index (χ1) is 9.30. The molecule has 0 atom stereocenters. The molecule has 0 aliphatic heterocycles. The topological polar surface area (TPSA) is 52.3 Å². The van der Waals surface area contributed by atoms with Crippen LogP contribution in [-0.4, -0.2) is 19.4 Å². The quantitative estimate of drug-likeness (QED) is 0.774. The van der Waals surface area contributed by atoms with E-state index in [1.165, 1.54) is 0 Å². The van der Waals surface area contributed by atoms with E-state index in [1.807, 2.05) is 26.0 Å². The van der Waals surface area contributed by atoms with Crippen molar-refractivity contribution in [3.05, 3.63) is 28.8 Å². The number of benzene rings is 1. The molecule has 20 heavy (non-hydrogen) atoms. The van der Waals surface area contributed by atoms with Crippen molar-refractivity contribution in [1.82, 2.24) is 0 Å². The Morgan fingerprint density at radius 2 is 1.85 bits per heavy atom. The van der Waals surface area contributed by atoms with Crippen molar-refractivity contribution in [1.29, 1.82) is 0 Å². The highest BCUT2D eigenvalue weighted by Crippen LogP contribution is 2.28. The summed E-state index contributed by atoms with van der Waals surface area (Å²) in [7, 11) is 1.65. The second kappa shape index (κ2) is 6.89. The fraction of sp³-hybridized carbons (Fsp3) is 0.588. The number of ketones is 1. The van der Waals surface area contributed by atoms with Crippen molar-refractivity contribution >= 4 is 5.78 Å². The minimum absolute atomic E-state index is 0.125. The molecule has 0 amide bonds. The molecule has 0 saturated heterocycles. The summed E-state index contributed by atoms with van der Waals surface area (Å²) in [5.74, 6) is 1.04. The van der Waals surface area contributed by atoms with E-state index in [2.05, 4.69) is 13.8 Å². The third kappa shape index (κ3) is 4.34. The van der Waals surface area contributed by atoms with Gasteiger partial charge < -0.3 is 10.5 Å². The van der Waals surface area contributed by atoms with Gasteiger partial charge in [-0.2, -0.15) is 0 Å². The lowest BCUT2D eigenvalue weighted by molar-refractivity contribution is 0.0961. The van der Waals surface area contributed by atoms with Crippen molar-refractivity contribution in [2.24, 2.45) is 11.1 Å². The van der Waals surface area contributed by atoms with Crippen molar-refractivity contribution in [2.45, 2.75) is 47.0 Å². The minimum atomic E-state index is 0.125. The van der Waals surface area contributed by atoms with Gasteiger partial charge in [-0.1, -0.05) is 13.8 Å². The van der Waals surface area contributed by atoms with Gasteiger partial charge in [-0.05, 0) is 61.9 Å². The largest absolute Gasteiger partial charge is 0.496 e. The molecule has 0 bridgehead atoms. The summed E-state index contributed by atoms with van der Waals surface area (Å²) in [5, 5.41) is 0. The maximum absolute atomic E-state index is 12.4. The predicted molar refractivity (Wildman–Crippen MR) is 83.5 cm³/mol. The zero-order chi connectivity index (χ0) is 15.3. The summed E-state index contributed by atoms with van der Waals surface area (Å²) < 4.78 is 5.28. The number of Topliss-reactive ketones (excluding diaryl/α,β-unsaturated/α-hetero) is 1. The lowest BCUT2D eigenvalue weighted by atomic mass is 9.83. The number of hydrogen-bond donors (Lipinski definition) is 1. The number of rotatable bonds is 7. The molecule has 0 fully saturated rings. The fourth-order valence-electron chi connectivity index (χ4n) is 2.41. The summed E-state index contributed by atoms with van der Waals surface area (Å²) >= 11 is 0. The average molecular weight is 277 g/mol. The average Bonchev–Trinajstić information content (AvgIpc) is 2.38. The Labute approximate surface area is 122 Å². The Kier molecular flexibility index (Phi) is 5.75. The van der Waals surface area contributed by atoms with E-state index >= 15 is 0 Å². The molecule has 0 aliphatic carbocycles. The summed E-state index contributed by atoms with van der Waals surface area (Å²) in [6.07, 6.45) is 2.38. The van der Waals surface area contributed by atoms with Gasteiger partial charge in [0, 0.05) is 12.0 Å². The molecule has 1 aromatic carbocycles. The normalized spacial score (nSPS) is 11.5. The molecule has 0 radical (unpaired) electrons. The van der Waals surface area contributed by atoms with Crippen molar-refractivity contribution in [3.63, 3.8) is 0 Å². The molecule has 0 saturated carbocycles. The van der Waals surface area contributed by atoms with E-state index in [1.54, 1.807) is 7.11 Å². The van der Waals surface area contributed by atoms with Crippen LogP contribution >= 0.6 is 0 Å². The lowest BCUT2D eigenvalue weighted by Crippen LogP contribution is -2.18. The smallest absolute Gasteiger partial charge is 0.163 e. The molecule has 0 aliphatic rings. The van der Waals surface area contributed by atoms with E-state index in [-0.39, 0.29) is 11.2 Å². The van der Waals surface area contributed by atoms with Crippen LogP contribution in [0.25, 0.3) is 0 Å². The first-order valence-electron chi connectivity index (χ1n) is 7.19. The van der Waals surface area contributed by atoms with Gasteiger partial charge in [-0.25, -0.2) is 0 Å². The number of nitrogens with two attached hydrogens (primary N) is 1. The molecule has 0 heterocycles. The van der Waals surface area contributed by atoms with E-state index in [0.717, 1.165) is 35.3 Å². The van der Waals surface area contributed by atoms with Crippen LogP contribution in [-0.2, 0) is 0 Å². The van der Waals surface area contributed by atoms with Crippen LogP contribution in [0.1, 0.15) is 54.6 Å². The number of carbonyl (C=O) groups excluding carboxylic acids is 1. The van der Waals surface area contributed by atoms with Crippen molar-refractivity contribution < 1.29 is 9.53 Å². The fourth-order valence-corrected chi connectivity index (χ4v) is 2.41. The molecule has 1 aromatic rings. The monoisotopic (exact) mass is 277 g/mol. The Hall–Kier alpha value is -1.35. The maximum atomic E-state index is 12.4. The van der Waals surface area contributed by atoms with Crippen LogP contribution in [0.3, 0.4) is 0 Å². The molecule has 1 rings (SSSR count).